The van der Waals surface area contributed by atoms with E-state index in [-0.39, 0.29) is 23.9 Å². The molecule has 5 nitrogen and oxygen atoms in total. The highest BCUT2D eigenvalue weighted by Crippen LogP contribution is 2.19. The van der Waals surface area contributed by atoms with Crippen LogP contribution in [0.5, 0.6) is 0 Å². The van der Waals surface area contributed by atoms with E-state index in [1.54, 1.807) is 18.2 Å². The minimum absolute atomic E-state index is 0.0737. The Morgan fingerprint density at radius 2 is 2.05 bits per heavy atom. The standard InChI is InChI=1S/C13H16N2O3S3/c1-9-3-4-11(7-10(9)2)21(17,18)14-5-6-15-12(16)8-20-13(15)19/h3-4,7,14H,5-6,8H2,1-2H3. The van der Waals surface area contributed by atoms with Crippen molar-refractivity contribution >= 4 is 44.2 Å². The fourth-order valence-electron chi connectivity index (χ4n) is 1.85. The fourth-order valence-corrected chi connectivity index (χ4v) is 4.08. The van der Waals surface area contributed by atoms with Gasteiger partial charge in [-0.1, -0.05) is 30.0 Å². The zero-order chi connectivity index (χ0) is 15.6. The number of thiocarbonyl (C=S) groups is 1. The molecule has 1 aromatic carbocycles. The molecular weight excluding hydrogens is 328 g/mol. The summed E-state index contributed by atoms with van der Waals surface area (Å²) in [6.07, 6.45) is 0. The second-order valence-corrected chi connectivity index (χ2v) is 8.12. The monoisotopic (exact) mass is 344 g/mol. The molecule has 0 atom stereocenters. The Kier molecular flexibility index (Phi) is 5.03. The van der Waals surface area contributed by atoms with Crippen LogP contribution in [0.1, 0.15) is 11.1 Å². The van der Waals surface area contributed by atoms with Crippen molar-refractivity contribution in [2.45, 2.75) is 18.7 Å². The molecule has 0 spiro atoms. The van der Waals surface area contributed by atoms with Crippen molar-refractivity contribution < 1.29 is 13.2 Å². The largest absolute Gasteiger partial charge is 0.296 e. The van der Waals surface area contributed by atoms with E-state index < -0.39 is 10.0 Å². The Hall–Kier alpha value is -0.960. The average molecular weight is 344 g/mol. The highest BCUT2D eigenvalue weighted by molar-refractivity contribution is 8.23. The zero-order valence-corrected chi connectivity index (χ0v) is 14.2. The lowest BCUT2D eigenvalue weighted by Gasteiger charge is -2.15. The predicted molar refractivity (Wildman–Crippen MR) is 87.9 cm³/mol. The molecule has 1 aliphatic heterocycles. The maximum Gasteiger partial charge on any atom is 0.240 e. The molecule has 21 heavy (non-hydrogen) atoms. The number of hydrogen-bond donors (Lipinski definition) is 1. The number of aryl methyl sites for hydroxylation is 2. The third-order valence-corrected chi connectivity index (χ3v) is 6.15. The molecule has 1 saturated heterocycles. The van der Waals surface area contributed by atoms with Crippen molar-refractivity contribution in [2.75, 3.05) is 18.8 Å². The highest BCUT2D eigenvalue weighted by atomic mass is 32.2. The first-order valence-corrected chi connectivity index (χ1v) is 9.23. The van der Waals surface area contributed by atoms with Gasteiger partial charge in [0.05, 0.1) is 10.6 Å². The number of carbonyl (C=O) groups excluding carboxylic acids is 1. The highest BCUT2D eigenvalue weighted by Gasteiger charge is 2.26. The van der Waals surface area contributed by atoms with Gasteiger partial charge in [0.2, 0.25) is 15.9 Å². The van der Waals surface area contributed by atoms with Gasteiger partial charge in [-0.2, -0.15) is 0 Å². The number of sulfonamides is 1. The van der Waals surface area contributed by atoms with Gasteiger partial charge >= 0.3 is 0 Å². The Balaban J connectivity index is 2.00. The van der Waals surface area contributed by atoms with Gasteiger partial charge in [0.25, 0.3) is 0 Å². The van der Waals surface area contributed by atoms with Crippen molar-refractivity contribution in [3.63, 3.8) is 0 Å². The van der Waals surface area contributed by atoms with Crippen LogP contribution in [0.25, 0.3) is 0 Å². The first-order valence-electron chi connectivity index (χ1n) is 6.35. The van der Waals surface area contributed by atoms with Gasteiger partial charge in [0, 0.05) is 13.1 Å². The van der Waals surface area contributed by atoms with E-state index in [1.807, 2.05) is 13.8 Å². The van der Waals surface area contributed by atoms with Crippen molar-refractivity contribution in [1.82, 2.24) is 9.62 Å². The number of thioether (sulfide) groups is 1. The minimum atomic E-state index is -3.56. The van der Waals surface area contributed by atoms with Gasteiger partial charge in [-0.05, 0) is 37.1 Å². The van der Waals surface area contributed by atoms with Gasteiger partial charge in [0.1, 0.15) is 4.32 Å². The van der Waals surface area contributed by atoms with E-state index in [0.717, 1.165) is 11.1 Å². The van der Waals surface area contributed by atoms with E-state index in [2.05, 4.69) is 4.72 Å². The molecule has 0 saturated carbocycles. The number of amides is 1. The van der Waals surface area contributed by atoms with E-state index in [4.69, 9.17) is 12.2 Å². The van der Waals surface area contributed by atoms with Crippen molar-refractivity contribution in [1.29, 1.82) is 0 Å². The fraction of sp³-hybridized carbons (Fsp3) is 0.385. The molecule has 0 radical (unpaired) electrons. The number of hydrogen-bond acceptors (Lipinski definition) is 5. The lowest BCUT2D eigenvalue weighted by atomic mass is 10.1. The second kappa shape index (κ2) is 6.43. The first-order chi connectivity index (χ1) is 9.81. The van der Waals surface area contributed by atoms with Crippen LogP contribution in [0.15, 0.2) is 23.1 Å². The number of carbonyl (C=O) groups is 1. The molecule has 0 bridgehead atoms. The molecule has 1 aliphatic rings. The molecule has 1 heterocycles. The lowest BCUT2D eigenvalue weighted by Crippen LogP contribution is -2.37. The van der Waals surface area contributed by atoms with Crippen LogP contribution in [0.4, 0.5) is 0 Å². The van der Waals surface area contributed by atoms with Crippen molar-refractivity contribution in [3.05, 3.63) is 29.3 Å². The molecule has 1 aromatic rings. The van der Waals surface area contributed by atoms with Gasteiger partial charge in [0.15, 0.2) is 0 Å². The normalized spacial score (nSPS) is 15.8. The average Bonchev–Trinajstić information content (AvgIpc) is 2.73. The van der Waals surface area contributed by atoms with Gasteiger partial charge in [-0.15, -0.1) is 0 Å². The van der Waals surface area contributed by atoms with E-state index in [9.17, 15) is 13.2 Å². The minimum Gasteiger partial charge on any atom is -0.296 e. The summed E-state index contributed by atoms with van der Waals surface area (Å²) < 4.78 is 27.4. The summed E-state index contributed by atoms with van der Waals surface area (Å²) in [5.41, 5.74) is 1.96. The van der Waals surface area contributed by atoms with E-state index in [0.29, 0.717) is 10.1 Å². The molecule has 1 amide bonds. The van der Waals surface area contributed by atoms with E-state index >= 15 is 0 Å². The third kappa shape index (κ3) is 3.82. The second-order valence-electron chi connectivity index (χ2n) is 4.74. The number of benzene rings is 1. The maximum atomic E-state index is 12.2. The summed E-state index contributed by atoms with van der Waals surface area (Å²) in [6.45, 7) is 4.19. The maximum absolute atomic E-state index is 12.2. The molecular formula is C13H16N2O3S3. The smallest absolute Gasteiger partial charge is 0.240 e. The van der Waals surface area contributed by atoms with Crippen LogP contribution in [-0.4, -0.2) is 42.4 Å². The van der Waals surface area contributed by atoms with Gasteiger partial charge < -0.3 is 0 Å². The SMILES string of the molecule is Cc1ccc(S(=O)(=O)NCCN2C(=O)CSC2=S)cc1C. The van der Waals surface area contributed by atoms with Crippen molar-refractivity contribution in [3.8, 4) is 0 Å². The van der Waals surface area contributed by atoms with E-state index in [1.165, 1.54) is 16.7 Å². The summed E-state index contributed by atoms with van der Waals surface area (Å²) in [6, 6.07) is 4.99. The first kappa shape index (κ1) is 16.4. The zero-order valence-electron chi connectivity index (χ0n) is 11.8. The lowest BCUT2D eigenvalue weighted by molar-refractivity contribution is -0.123. The summed E-state index contributed by atoms with van der Waals surface area (Å²) in [7, 11) is -3.56. The van der Waals surface area contributed by atoms with Gasteiger partial charge in [-0.3, -0.25) is 9.69 Å². The molecule has 1 N–H and O–H groups in total. The van der Waals surface area contributed by atoms with Crippen LogP contribution < -0.4 is 4.72 Å². The molecule has 8 heteroatoms. The Morgan fingerprint density at radius 3 is 2.62 bits per heavy atom. The quantitative estimate of drug-likeness (QED) is 0.819. The molecule has 1 fully saturated rings. The van der Waals surface area contributed by atoms with Crippen LogP contribution in [0.2, 0.25) is 0 Å². The molecule has 0 aromatic heterocycles. The molecule has 114 valence electrons. The number of nitrogens with one attached hydrogen (secondary N) is 1. The predicted octanol–water partition coefficient (Wildman–Crippen LogP) is 1.44. The summed E-state index contributed by atoms with van der Waals surface area (Å²) in [4.78, 5) is 13.2. The Bertz CT molecular complexity index is 670. The molecule has 2 rings (SSSR count). The van der Waals surface area contributed by atoms with Crippen LogP contribution >= 0.6 is 24.0 Å². The van der Waals surface area contributed by atoms with Gasteiger partial charge in [-0.25, -0.2) is 13.1 Å². The molecule has 0 unspecified atom stereocenters. The summed E-state index contributed by atoms with van der Waals surface area (Å²) in [5, 5.41) is 0. The third-order valence-electron chi connectivity index (χ3n) is 3.26. The van der Waals surface area contributed by atoms with Crippen molar-refractivity contribution in [2.24, 2.45) is 0 Å². The number of nitrogens with zero attached hydrogens (tertiary/aromatic N) is 1. The summed E-state index contributed by atoms with van der Waals surface area (Å²) in [5.74, 6) is 0.262. The Labute approximate surface area is 134 Å². The van der Waals surface area contributed by atoms with Crippen LogP contribution in [0, 0.1) is 13.8 Å². The number of rotatable bonds is 5. The van der Waals surface area contributed by atoms with Crippen LogP contribution in [0.3, 0.4) is 0 Å². The van der Waals surface area contributed by atoms with Crippen LogP contribution in [-0.2, 0) is 14.8 Å². The summed E-state index contributed by atoms with van der Waals surface area (Å²) >= 11 is 6.34. The molecule has 0 aliphatic carbocycles. The Morgan fingerprint density at radius 1 is 1.33 bits per heavy atom. The topological polar surface area (TPSA) is 66.5 Å².